The smallest absolute Gasteiger partial charge is 0.0728 e. The lowest BCUT2D eigenvalue weighted by Crippen LogP contribution is -2.41. The van der Waals surface area contributed by atoms with E-state index in [1.807, 2.05) is 11.1 Å². The fourth-order valence-corrected chi connectivity index (χ4v) is 25.7. The minimum Gasteiger partial charge on any atom is -0.306 e. The van der Waals surface area contributed by atoms with Crippen LogP contribution in [0.4, 0.5) is 0 Å². The summed E-state index contributed by atoms with van der Waals surface area (Å²) in [6.07, 6.45) is 32.2. The first-order valence-corrected chi connectivity index (χ1v) is 29.3. The van der Waals surface area contributed by atoms with Crippen LogP contribution in [0.5, 0.6) is 0 Å². The van der Waals surface area contributed by atoms with Gasteiger partial charge in [-0.25, -0.2) is 0 Å². The van der Waals surface area contributed by atoms with Gasteiger partial charge in [-0.15, -0.1) is 0 Å². The van der Waals surface area contributed by atoms with Crippen molar-refractivity contribution in [1.82, 2.24) is 18.8 Å². The maximum Gasteiger partial charge on any atom is 0.0728 e. The maximum atomic E-state index is 5.87. The van der Waals surface area contributed by atoms with E-state index in [1.165, 1.54) is 150 Å². The molecule has 3 aromatic carbocycles. The van der Waals surface area contributed by atoms with Gasteiger partial charge in [0, 0.05) is 66.3 Å². The van der Waals surface area contributed by atoms with Gasteiger partial charge in [-0.3, -0.25) is 9.97 Å². The summed E-state index contributed by atoms with van der Waals surface area (Å²) in [4.78, 5) is 11.7. The van der Waals surface area contributed by atoms with Crippen molar-refractivity contribution in [2.75, 3.05) is 0 Å². The Balaban J connectivity index is 0.993. The van der Waals surface area contributed by atoms with Crippen LogP contribution in [0.2, 0.25) is 0 Å². The molecule has 13 bridgehead atoms. The van der Waals surface area contributed by atoms with Crippen molar-refractivity contribution in [3.63, 3.8) is 0 Å². The minimum absolute atomic E-state index is 0.606. The average Bonchev–Trinajstić information content (AvgIpc) is 4.24. The topological polar surface area (TPSA) is 34.6 Å². The van der Waals surface area contributed by atoms with E-state index in [2.05, 4.69) is 45.5 Å². The number of hydrogen-bond donors (Lipinski definition) is 0. The van der Waals surface area contributed by atoms with Crippen molar-refractivity contribution >= 4 is 76.2 Å². The standard InChI is InChI=1S/C65H60N4/c1-3-44-52(48-31-9-26-5-27(10-31)7-29(6-26)41(1)48)56-58-54-46(24-67-61-36-17-40-19-39-16-35(50(54)61)22-65(39,40)23-36)68-45-4-2-42-33-14-37-18-38-15-34(21-64(37,38)20-33)49(42)53(45)57(62(58)68)59-55-47(69(44)63(56)59)25-66-60-32-11-28-8-30(13-32)43(12-28)51(55)60/h1-4,24-40,43H,5-23H2. The molecule has 16 unspecified atom stereocenters. The zero-order valence-electron chi connectivity index (χ0n) is 39.9. The molecule has 16 atom stereocenters. The van der Waals surface area contributed by atoms with Crippen LogP contribution in [-0.4, -0.2) is 18.8 Å². The first-order chi connectivity index (χ1) is 34.0. The Bertz CT molecular complexity index is 4050. The van der Waals surface area contributed by atoms with Gasteiger partial charge in [0.15, 0.2) is 0 Å². The van der Waals surface area contributed by atoms with Gasteiger partial charge in [-0.2, -0.15) is 0 Å². The van der Waals surface area contributed by atoms with Gasteiger partial charge in [-0.1, -0.05) is 12.1 Å². The summed E-state index contributed by atoms with van der Waals surface area (Å²) in [5.74, 6) is 12.8. The van der Waals surface area contributed by atoms with Gasteiger partial charge in [0.05, 0.1) is 45.5 Å². The normalized spacial score (nSPS) is 44.4. The highest BCUT2D eigenvalue weighted by atomic mass is 15.0. The number of fused-ring (bicyclic) bond motifs is 32. The molecule has 10 saturated carbocycles. The number of aromatic nitrogens is 4. The minimum atomic E-state index is 0.606. The summed E-state index contributed by atoms with van der Waals surface area (Å²) < 4.78 is 5.88. The first kappa shape index (κ1) is 34.8. The first-order valence-electron chi connectivity index (χ1n) is 29.3. The molecule has 2 spiro atoms. The number of hydrogen-bond acceptors (Lipinski definition) is 2. The van der Waals surface area contributed by atoms with Crippen molar-refractivity contribution in [2.24, 2.45) is 58.2 Å². The molecule has 4 heteroatoms. The fourth-order valence-electron chi connectivity index (χ4n) is 25.7. The summed E-state index contributed by atoms with van der Waals surface area (Å²) in [5.41, 5.74) is 24.2. The molecular formula is C65H60N4. The van der Waals surface area contributed by atoms with Gasteiger partial charge in [0.1, 0.15) is 0 Å². The number of benzene rings is 3. The van der Waals surface area contributed by atoms with Crippen molar-refractivity contribution in [3.8, 4) is 0 Å². The van der Waals surface area contributed by atoms with E-state index < -0.39 is 0 Å². The molecule has 0 amide bonds. The molecule has 10 fully saturated rings. The molecule has 340 valence electrons. The lowest BCUT2D eigenvalue weighted by molar-refractivity contribution is 0.00321. The highest BCUT2D eigenvalue weighted by molar-refractivity contribution is 6.46. The fraction of sp³-hybridized carbons (Fsp3) is 0.569. The SMILES string of the molecule is c1cc2c(c3c1C1CC4CC5CC3CC45C1)c1c3c4c5c(ncc4n4c6ccc7c(c6c(c6c8c9c(ncc8n2c61)C1CC2CC6CC9CC26C1)c34)C1CC2CC(CC7C2)C1)C1CC2CC(C1)C5C2. The molecule has 6 heterocycles. The molecule has 69 heavy (non-hydrogen) atoms. The highest BCUT2D eigenvalue weighted by Crippen LogP contribution is 2.78. The summed E-state index contributed by atoms with van der Waals surface area (Å²) in [5, 5.41) is 13.4. The molecule has 15 aliphatic carbocycles. The number of pyridine rings is 2. The largest absolute Gasteiger partial charge is 0.306 e. The van der Waals surface area contributed by atoms with E-state index >= 15 is 0 Å². The van der Waals surface area contributed by atoms with Gasteiger partial charge < -0.3 is 8.80 Å². The van der Waals surface area contributed by atoms with Crippen LogP contribution in [0.1, 0.15) is 214 Å². The molecule has 0 radical (unpaired) electrons. The monoisotopic (exact) mass is 896 g/mol. The lowest BCUT2D eigenvalue weighted by atomic mass is 9.56. The van der Waals surface area contributed by atoms with E-state index in [4.69, 9.17) is 9.97 Å². The molecule has 24 rings (SSSR count). The molecule has 6 aromatic heterocycles. The van der Waals surface area contributed by atoms with Crippen LogP contribution in [0.3, 0.4) is 0 Å². The van der Waals surface area contributed by atoms with Gasteiger partial charge in [0.2, 0.25) is 0 Å². The third-order valence-corrected chi connectivity index (χ3v) is 27.2. The summed E-state index contributed by atoms with van der Waals surface area (Å²) in [6, 6.07) is 10.9. The zero-order chi connectivity index (χ0) is 43.2. The maximum absolute atomic E-state index is 5.87. The summed E-state index contributed by atoms with van der Waals surface area (Å²) in [7, 11) is 0. The predicted molar refractivity (Wildman–Crippen MR) is 274 cm³/mol. The van der Waals surface area contributed by atoms with E-state index in [0.29, 0.717) is 46.3 Å². The van der Waals surface area contributed by atoms with Gasteiger partial charge in [0.25, 0.3) is 0 Å². The van der Waals surface area contributed by atoms with Gasteiger partial charge in [-0.05, 0) is 261 Å². The molecule has 0 saturated heterocycles. The molecule has 0 aliphatic heterocycles. The van der Waals surface area contributed by atoms with Crippen molar-refractivity contribution < 1.29 is 0 Å². The van der Waals surface area contributed by atoms with Crippen LogP contribution in [0.15, 0.2) is 36.7 Å². The Kier molecular flexibility index (Phi) is 5.25. The third-order valence-electron chi connectivity index (χ3n) is 27.2. The second kappa shape index (κ2) is 10.4. The van der Waals surface area contributed by atoms with E-state index in [0.717, 1.165) is 59.2 Å². The second-order valence-electron chi connectivity index (χ2n) is 28.9. The van der Waals surface area contributed by atoms with Gasteiger partial charge >= 0.3 is 0 Å². The highest BCUT2D eigenvalue weighted by Gasteiger charge is 2.67. The lowest BCUT2D eigenvalue weighted by Gasteiger charge is -2.48. The van der Waals surface area contributed by atoms with Crippen LogP contribution < -0.4 is 0 Å². The van der Waals surface area contributed by atoms with Crippen molar-refractivity contribution in [1.29, 1.82) is 0 Å². The third kappa shape index (κ3) is 3.36. The Labute approximate surface area is 402 Å². The molecular weight excluding hydrogens is 837 g/mol. The van der Waals surface area contributed by atoms with Crippen LogP contribution >= 0.6 is 0 Å². The average molecular weight is 897 g/mol. The zero-order valence-corrected chi connectivity index (χ0v) is 39.9. The molecule has 9 aromatic rings. The van der Waals surface area contributed by atoms with Crippen LogP contribution in [-0.2, 0) is 0 Å². The summed E-state index contributed by atoms with van der Waals surface area (Å²) in [6.45, 7) is 0. The van der Waals surface area contributed by atoms with E-state index in [9.17, 15) is 0 Å². The predicted octanol–water partition coefficient (Wildman–Crippen LogP) is 16.0. The van der Waals surface area contributed by atoms with Crippen LogP contribution in [0.25, 0.3) is 76.2 Å². The quantitative estimate of drug-likeness (QED) is 0.152. The number of rotatable bonds is 0. The van der Waals surface area contributed by atoms with E-state index in [1.54, 1.807) is 82.1 Å². The second-order valence-corrected chi connectivity index (χ2v) is 28.9. The Hall–Kier alpha value is -4.44. The van der Waals surface area contributed by atoms with E-state index in [-0.39, 0.29) is 0 Å². The Morgan fingerprint density at radius 3 is 1.54 bits per heavy atom. The number of nitrogens with zero attached hydrogens (tertiary/aromatic N) is 4. The Morgan fingerprint density at radius 1 is 0.362 bits per heavy atom. The van der Waals surface area contributed by atoms with Crippen molar-refractivity contribution in [2.45, 2.75) is 169 Å². The molecule has 15 aliphatic rings. The van der Waals surface area contributed by atoms with Crippen LogP contribution in [0, 0.1) is 58.2 Å². The summed E-state index contributed by atoms with van der Waals surface area (Å²) >= 11 is 0. The molecule has 4 nitrogen and oxygen atoms in total. The van der Waals surface area contributed by atoms with Crippen molar-refractivity contribution in [3.05, 3.63) is 81.4 Å². The molecule has 0 N–H and O–H groups in total. The Morgan fingerprint density at radius 2 is 0.855 bits per heavy atom.